The third-order valence-electron chi connectivity index (χ3n) is 3.43. The van der Waals surface area contributed by atoms with Crippen molar-refractivity contribution >= 4 is 11.9 Å². The third-order valence-corrected chi connectivity index (χ3v) is 3.43. The molecule has 4 nitrogen and oxygen atoms in total. The minimum absolute atomic E-state index is 0. The second kappa shape index (κ2) is 11.6. The minimum Gasteiger partial charge on any atom is -0.469 e. The molecule has 0 aromatic heterocycles. The highest BCUT2D eigenvalue weighted by Gasteiger charge is 2.19. The molecular weight excluding hydrogens is 268 g/mol. The van der Waals surface area contributed by atoms with Gasteiger partial charge in [-0.3, -0.25) is 9.59 Å². The lowest BCUT2D eigenvalue weighted by Crippen LogP contribution is -2.19. The molecule has 0 radical (unpaired) electrons. The molecule has 0 aromatic rings. The number of hydrogen-bond donors (Lipinski definition) is 0. The molecule has 0 aliphatic heterocycles. The lowest BCUT2D eigenvalue weighted by atomic mass is 9.87. The highest BCUT2D eigenvalue weighted by Crippen LogP contribution is 2.24. The molecule has 0 saturated heterocycles. The van der Waals surface area contributed by atoms with E-state index in [1.165, 1.54) is 14.0 Å². The van der Waals surface area contributed by atoms with Crippen LogP contribution in [0.25, 0.3) is 0 Å². The van der Waals surface area contributed by atoms with E-state index >= 15 is 0 Å². The van der Waals surface area contributed by atoms with Crippen LogP contribution in [0.15, 0.2) is 0 Å². The van der Waals surface area contributed by atoms with Gasteiger partial charge in [-0.05, 0) is 17.3 Å². The van der Waals surface area contributed by atoms with Crippen molar-refractivity contribution in [3.8, 4) is 0 Å². The van der Waals surface area contributed by atoms with E-state index in [2.05, 4.69) is 46.3 Å². The summed E-state index contributed by atoms with van der Waals surface area (Å²) in [5.74, 6) is -0.312. The van der Waals surface area contributed by atoms with Crippen molar-refractivity contribution in [3.05, 3.63) is 0 Å². The Balaban J connectivity index is -0.000000295. The number of ether oxygens (including phenoxy) is 2. The first-order valence-corrected chi connectivity index (χ1v) is 7.20. The zero-order valence-corrected chi connectivity index (χ0v) is 14.5. The van der Waals surface area contributed by atoms with E-state index in [0.717, 1.165) is 12.8 Å². The molecule has 0 aromatic carbocycles. The fourth-order valence-corrected chi connectivity index (χ4v) is 0.987. The summed E-state index contributed by atoms with van der Waals surface area (Å²) in [4.78, 5) is 21.1. The summed E-state index contributed by atoms with van der Waals surface area (Å²) in [6, 6.07) is 0. The van der Waals surface area contributed by atoms with Gasteiger partial charge in [-0.2, -0.15) is 0 Å². The Morgan fingerprint density at radius 3 is 1.67 bits per heavy atom. The van der Waals surface area contributed by atoms with Gasteiger partial charge in [0.05, 0.1) is 20.1 Å². The molecule has 0 rings (SSSR count). The summed E-state index contributed by atoms with van der Waals surface area (Å²) in [6.45, 7) is 14.4. The number of carbonyl (C=O) groups is 2. The van der Waals surface area contributed by atoms with Crippen molar-refractivity contribution < 1.29 is 19.1 Å². The van der Waals surface area contributed by atoms with Crippen molar-refractivity contribution in [2.24, 2.45) is 10.8 Å². The Bertz CT molecular complexity index is 293. The van der Waals surface area contributed by atoms with E-state index in [1.807, 2.05) is 0 Å². The van der Waals surface area contributed by atoms with Gasteiger partial charge in [-0.25, -0.2) is 0 Å². The van der Waals surface area contributed by atoms with E-state index in [0.29, 0.717) is 13.0 Å². The molecule has 0 saturated carbocycles. The van der Waals surface area contributed by atoms with Crippen LogP contribution in [0.1, 0.15) is 75.2 Å². The number of carbonyl (C=O) groups excluding carboxylic acids is 2. The van der Waals surface area contributed by atoms with Crippen LogP contribution < -0.4 is 0 Å². The molecule has 0 amide bonds. The van der Waals surface area contributed by atoms with Crippen LogP contribution >= 0.6 is 0 Å². The molecule has 21 heavy (non-hydrogen) atoms. The highest BCUT2D eigenvalue weighted by atomic mass is 16.5. The SMILES string of the molecule is C.CCC(C)(C)CC(=O)OC.CCC(C)(C)COC(C)=O. The van der Waals surface area contributed by atoms with Gasteiger partial charge in [0, 0.05) is 6.92 Å². The Kier molecular flexibility index (Phi) is 13.7. The summed E-state index contributed by atoms with van der Waals surface area (Å²) in [7, 11) is 1.42. The predicted octanol–water partition coefficient (Wildman–Crippen LogP) is 4.61. The van der Waals surface area contributed by atoms with Crippen LogP contribution in [0.5, 0.6) is 0 Å². The van der Waals surface area contributed by atoms with Gasteiger partial charge in [0.25, 0.3) is 0 Å². The summed E-state index contributed by atoms with van der Waals surface area (Å²) < 4.78 is 9.41. The Morgan fingerprint density at radius 2 is 1.38 bits per heavy atom. The predicted molar refractivity (Wildman–Crippen MR) is 88.1 cm³/mol. The van der Waals surface area contributed by atoms with Gasteiger partial charge in [0.1, 0.15) is 0 Å². The lowest BCUT2D eigenvalue weighted by molar-refractivity contribution is -0.144. The van der Waals surface area contributed by atoms with Crippen molar-refractivity contribution in [2.75, 3.05) is 13.7 Å². The summed E-state index contributed by atoms with van der Waals surface area (Å²) >= 11 is 0. The molecule has 4 heteroatoms. The van der Waals surface area contributed by atoms with Gasteiger partial charge in [-0.1, -0.05) is 55.4 Å². The second-order valence-electron chi connectivity index (χ2n) is 6.57. The number of methoxy groups -OCH3 is 1. The van der Waals surface area contributed by atoms with Crippen LogP contribution in [-0.4, -0.2) is 25.7 Å². The van der Waals surface area contributed by atoms with Gasteiger partial charge in [0.2, 0.25) is 0 Å². The van der Waals surface area contributed by atoms with Crippen molar-refractivity contribution in [3.63, 3.8) is 0 Å². The van der Waals surface area contributed by atoms with Crippen molar-refractivity contribution in [2.45, 2.75) is 75.2 Å². The van der Waals surface area contributed by atoms with Gasteiger partial charge >= 0.3 is 11.9 Å². The first-order valence-electron chi connectivity index (χ1n) is 7.20. The van der Waals surface area contributed by atoms with E-state index in [-0.39, 0.29) is 30.2 Å². The molecule has 0 bridgehead atoms. The van der Waals surface area contributed by atoms with Crippen LogP contribution in [0.3, 0.4) is 0 Å². The quantitative estimate of drug-likeness (QED) is 0.672. The summed E-state index contributed by atoms with van der Waals surface area (Å²) in [5, 5.41) is 0. The first-order chi connectivity index (χ1) is 8.99. The number of rotatable bonds is 6. The Labute approximate surface area is 131 Å². The minimum atomic E-state index is -0.193. The third kappa shape index (κ3) is 16.9. The molecule has 0 aliphatic carbocycles. The fraction of sp³-hybridized carbons (Fsp3) is 0.882. The van der Waals surface area contributed by atoms with Crippen LogP contribution in [0.4, 0.5) is 0 Å². The standard InChI is InChI=1S/2C8H16O2.CH4/c1-5-8(2,3)6-7(9)10-4;1-5-8(3,4)6-10-7(2)9;/h2*5-6H2,1-4H3;1H4. The largest absolute Gasteiger partial charge is 0.469 e. The van der Waals surface area contributed by atoms with Gasteiger partial charge < -0.3 is 9.47 Å². The van der Waals surface area contributed by atoms with Crippen LogP contribution in [0.2, 0.25) is 0 Å². The molecular formula is C17H36O4. The molecule has 0 fully saturated rings. The maximum atomic E-state index is 10.8. The average molecular weight is 304 g/mol. The van der Waals surface area contributed by atoms with Gasteiger partial charge in [0.15, 0.2) is 0 Å². The van der Waals surface area contributed by atoms with Crippen LogP contribution in [0, 0.1) is 10.8 Å². The van der Waals surface area contributed by atoms with Gasteiger partial charge in [-0.15, -0.1) is 0 Å². The maximum absolute atomic E-state index is 10.8. The average Bonchev–Trinajstić information content (AvgIpc) is 2.37. The molecule has 0 unspecified atom stereocenters. The Morgan fingerprint density at radius 1 is 0.952 bits per heavy atom. The second-order valence-corrected chi connectivity index (χ2v) is 6.57. The maximum Gasteiger partial charge on any atom is 0.306 e. The summed E-state index contributed by atoms with van der Waals surface area (Å²) in [5.41, 5.74) is 0.221. The van der Waals surface area contributed by atoms with E-state index in [9.17, 15) is 9.59 Å². The fourth-order valence-electron chi connectivity index (χ4n) is 0.987. The number of esters is 2. The normalized spacial score (nSPS) is 10.7. The first kappa shape index (κ1) is 24.9. The highest BCUT2D eigenvalue weighted by molar-refractivity contribution is 5.69. The topological polar surface area (TPSA) is 52.6 Å². The van der Waals surface area contributed by atoms with E-state index in [4.69, 9.17) is 4.74 Å². The monoisotopic (exact) mass is 304 g/mol. The molecule has 0 heterocycles. The smallest absolute Gasteiger partial charge is 0.306 e. The zero-order chi connectivity index (χ0) is 16.4. The molecule has 0 atom stereocenters. The molecule has 0 aliphatic rings. The van der Waals surface area contributed by atoms with E-state index in [1.54, 1.807) is 0 Å². The molecule has 128 valence electrons. The van der Waals surface area contributed by atoms with Crippen LogP contribution in [-0.2, 0) is 19.1 Å². The van der Waals surface area contributed by atoms with E-state index < -0.39 is 0 Å². The Hall–Kier alpha value is -1.06. The zero-order valence-electron chi connectivity index (χ0n) is 14.5. The summed E-state index contributed by atoms with van der Waals surface area (Å²) in [6.07, 6.45) is 2.54. The molecule has 0 spiro atoms. The lowest BCUT2D eigenvalue weighted by Gasteiger charge is -2.21. The number of hydrogen-bond acceptors (Lipinski definition) is 4. The molecule has 0 N–H and O–H groups in total. The van der Waals surface area contributed by atoms with Crippen molar-refractivity contribution in [1.82, 2.24) is 0 Å². The van der Waals surface area contributed by atoms with Crippen molar-refractivity contribution in [1.29, 1.82) is 0 Å².